The van der Waals surface area contributed by atoms with Crippen LogP contribution in [0.5, 0.6) is 5.75 Å². The molecular formula is C19H20N2O3. The number of phenols is 1. The molecule has 0 aliphatic carbocycles. The van der Waals surface area contributed by atoms with Crippen molar-refractivity contribution in [1.82, 2.24) is 9.80 Å². The van der Waals surface area contributed by atoms with Gasteiger partial charge in [0.1, 0.15) is 5.75 Å². The molecule has 5 heteroatoms. The van der Waals surface area contributed by atoms with Crippen LogP contribution in [0.2, 0.25) is 0 Å². The number of rotatable bonds is 3. The van der Waals surface area contributed by atoms with Gasteiger partial charge in [0.05, 0.1) is 5.56 Å². The van der Waals surface area contributed by atoms with Crippen LogP contribution in [0.25, 0.3) is 16.8 Å². The maximum atomic E-state index is 12.2. The van der Waals surface area contributed by atoms with Gasteiger partial charge in [0, 0.05) is 32.3 Å². The molecule has 1 saturated heterocycles. The Morgan fingerprint density at radius 1 is 1.12 bits per heavy atom. The molecule has 0 spiro atoms. The average Bonchev–Trinajstić information content (AvgIpc) is 2.60. The standard InChI is InChI=1S/C19H20N2O3/c1-20-8-10-21(11-9-20)19(24)7-3-14-2-5-16-15(12-14)4-6-18(23)17(16)13-22/h2-7,12-13,23H,8-11H2,1H3/b7-3+. The van der Waals surface area contributed by atoms with Crippen LogP contribution in [0.15, 0.2) is 36.4 Å². The lowest BCUT2D eigenvalue weighted by molar-refractivity contribution is -0.127. The monoisotopic (exact) mass is 324 g/mol. The van der Waals surface area contributed by atoms with Crippen LogP contribution in [0.3, 0.4) is 0 Å². The topological polar surface area (TPSA) is 60.9 Å². The van der Waals surface area contributed by atoms with Crippen LogP contribution in [-0.2, 0) is 4.79 Å². The number of hydrogen-bond donors (Lipinski definition) is 1. The molecule has 0 bridgehead atoms. The summed E-state index contributed by atoms with van der Waals surface area (Å²) in [4.78, 5) is 27.4. The first-order valence-corrected chi connectivity index (χ1v) is 7.95. The highest BCUT2D eigenvalue weighted by molar-refractivity contribution is 6.01. The van der Waals surface area contributed by atoms with E-state index in [1.807, 2.05) is 17.0 Å². The molecule has 2 aromatic rings. The van der Waals surface area contributed by atoms with Crippen LogP contribution in [0.4, 0.5) is 0 Å². The molecule has 2 aromatic carbocycles. The Kier molecular flexibility index (Phi) is 4.62. The molecule has 0 aromatic heterocycles. The third kappa shape index (κ3) is 3.31. The molecule has 0 saturated carbocycles. The molecule has 1 fully saturated rings. The van der Waals surface area contributed by atoms with E-state index >= 15 is 0 Å². The van der Waals surface area contributed by atoms with E-state index in [9.17, 15) is 14.7 Å². The third-order valence-electron chi connectivity index (χ3n) is 4.41. The molecule has 3 rings (SSSR count). The van der Waals surface area contributed by atoms with Crippen LogP contribution < -0.4 is 0 Å². The van der Waals surface area contributed by atoms with Crippen molar-refractivity contribution in [2.75, 3.05) is 33.2 Å². The van der Waals surface area contributed by atoms with Gasteiger partial charge in [0.25, 0.3) is 0 Å². The summed E-state index contributed by atoms with van der Waals surface area (Å²) in [6.07, 6.45) is 4.03. The zero-order valence-electron chi connectivity index (χ0n) is 13.6. The van der Waals surface area contributed by atoms with E-state index in [1.54, 1.807) is 24.3 Å². The number of likely N-dealkylation sites (N-methyl/N-ethyl adjacent to an activating group) is 1. The van der Waals surface area contributed by atoms with Crippen molar-refractivity contribution in [2.45, 2.75) is 0 Å². The minimum atomic E-state index is -0.0222. The lowest BCUT2D eigenvalue weighted by Crippen LogP contribution is -2.46. The third-order valence-corrected chi connectivity index (χ3v) is 4.41. The van der Waals surface area contributed by atoms with E-state index in [2.05, 4.69) is 11.9 Å². The van der Waals surface area contributed by atoms with Gasteiger partial charge in [-0.2, -0.15) is 0 Å². The molecule has 1 heterocycles. The van der Waals surface area contributed by atoms with Gasteiger partial charge in [-0.3, -0.25) is 9.59 Å². The molecule has 1 aliphatic heterocycles. The second-order valence-corrected chi connectivity index (χ2v) is 6.06. The Hall–Kier alpha value is -2.66. The molecule has 1 N–H and O–H groups in total. The van der Waals surface area contributed by atoms with E-state index in [1.165, 1.54) is 6.07 Å². The highest BCUT2D eigenvalue weighted by Crippen LogP contribution is 2.26. The van der Waals surface area contributed by atoms with Crippen molar-refractivity contribution in [3.05, 3.63) is 47.5 Å². The summed E-state index contributed by atoms with van der Waals surface area (Å²) in [6.45, 7) is 3.29. The van der Waals surface area contributed by atoms with Gasteiger partial charge in [-0.05, 0) is 41.6 Å². The quantitative estimate of drug-likeness (QED) is 0.694. The first-order valence-electron chi connectivity index (χ1n) is 7.95. The molecule has 1 aliphatic rings. The Morgan fingerprint density at radius 3 is 2.58 bits per heavy atom. The normalized spacial score (nSPS) is 16.0. The number of aldehydes is 1. The second kappa shape index (κ2) is 6.84. The Balaban J connectivity index is 1.79. The maximum Gasteiger partial charge on any atom is 0.246 e. The number of nitrogens with zero attached hydrogens (tertiary/aromatic N) is 2. The molecule has 124 valence electrons. The van der Waals surface area contributed by atoms with Crippen molar-refractivity contribution >= 4 is 29.0 Å². The maximum absolute atomic E-state index is 12.2. The summed E-state index contributed by atoms with van der Waals surface area (Å²) in [5, 5.41) is 11.3. The summed E-state index contributed by atoms with van der Waals surface area (Å²) in [5.74, 6) is -0.00600. The first kappa shape index (κ1) is 16.2. The molecular weight excluding hydrogens is 304 g/mol. The van der Waals surface area contributed by atoms with Crippen molar-refractivity contribution < 1.29 is 14.7 Å². The largest absolute Gasteiger partial charge is 0.507 e. The van der Waals surface area contributed by atoms with Gasteiger partial charge in [-0.15, -0.1) is 0 Å². The van der Waals surface area contributed by atoms with Gasteiger partial charge in [-0.1, -0.05) is 18.2 Å². The SMILES string of the molecule is CN1CCN(C(=O)/C=C/c2ccc3c(C=O)c(O)ccc3c2)CC1. The molecule has 0 radical (unpaired) electrons. The second-order valence-electron chi connectivity index (χ2n) is 6.06. The van der Waals surface area contributed by atoms with Gasteiger partial charge in [0.2, 0.25) is 5.91 Å². The number of carbonyl (C=O) groups excluding carboxylic acids is 2. The van der Waals surface area contributed by atoms with E-state index in [-0.39, 0.29) is 17.2 Å². The molecule has 0 atom stereocenters. The highest BCUT2D eigenvalue weighted by atomic mass is 16.3. The molecule has 5 nitrogen and oxygen atoms in total. The summed E-state index contributed by atoms with van der Waals surface area (Å²) in [5.41, 5.74) is 1.17. The number of aromatic hydroxyl groups is 1. The van der Waals surface area contributed by atoms with Crippen LogP contribution >= 0.6 is 0 Å². The summed E-state index contributed by atoms with van der Waals surface area (Å²) < 4.78 is 0. The summed E-state index contributed by atoms with van der Waals surface area (Å²) in [6, 6.07) is 8.79. The number of benzene rings is 2. The molecule has 24 heavy (non-hydrogen) atoms. The fourth-order valence-electron chi connectivity index (χ4n) is 2.89. The Morgan fingerprint density at radius 2 is 1.88 bits per heavy atom. The van der Waals surface area contributed by atoms with Crippen LogP contribution in [0.1, 0.15) is 15.9 Å². The average molecular weight is 324 g/mol. The van der Waals surface area contributed by atoms with E-state index < -0.39 is 0 Å². The molecule has 1 amide bonds. The number of carbonyl (C=O) groups is 2. The van der Waals surface area contributed by atoms with Gasteiger partial charge in [-0.25, -0.2) is 0 Å². The van der Waals surface area contributed by atoms with Crippen molar-refractivity contribution in [3.63, 3.8) is 0 Å². The van der Waals surface area contributed by atoms with Gasteiger partial charge in [0.15, 0.2) is 6.29 Å². The van der Waals surface area contributed by atoms with Gasteiger partial charge < -0.3 is 14.9 Å². The number of phenolic OH excluding ortho intramolecular Hbond substituents is 1. The lowest BCUT2D eigenvalue weighted by atomic mass is 10.0. The van der Waals surface area contributed by atoms with Crippen molar-refractivity contribution in [3.8, 4) is 5.75 Å². The highest BCUT2D eigenvalue weighted by Gasteiger charge is 2.16. The van der Waals surface area contributed by atoms with Crippen LogP contribution in [-0.4, -0.2) is 60.3 Å². The zero-order chi connectivity index (χ0) is 17.1. The number of hydrogen-bond acceptors (Lipinski definition) is 4. The summed E-state index contributed by atoms with van der Waals surface area (Å²) in [7, 11) is 2.05. The molecule has 0 unspecified atom stereocenters. The number of amides is 1. The fraction of sp³-hybridized carbons (Fsp3) is 0.263. The Bertz CT molecular complexity index is 806. The number of fused-ring (bicyclic) bond motifs is 1. The van der Waals surface area contributed by atoms with E-state index in [4.69, 9.17) is 0 Å². The lowest BCUT2D eigenvalue weighted by Gasteiger charge is -2.31. The van der Waals surface area contributed by atoms with Crippen LogP contribution in [0, 0.1) is 0 Å². The van der Waals surface area contributed by atoms with E-state index in [0.29, 0.717) is 11.7 Å². The van der Waals surface area contributed by atoms with Gasteiger partial charge >= 0.3 is 0 Å². The summed E-state index contributed by atoms with van der Waals surface area (Å²) >= 11 is 0. The zero-order valence-corrected chi connectivity index (χ0v) is 13.6. The van der Waals surface area contributed by atoms with Crippen molar-refractivity contribution in [2.24, 2.45) is 0 Å². The predicted octanol–water partition coefficient (Wildman–Crippen LogP) is 2.15. The first-order chi connectivity index (χ1) is 11.6. The minimum Gasteiger partial charge on any atom is -0.507 e. The number of piperazine rings is 1. The minimum absolute atomic E-state index is 0.0162. The smallest absolute Gasteiger partial charge is 0.246 e. The predicted molar refractivity (Wildman–Crippen MR) is 94.1 cm³/mol. The Labute approximate surface area is 140 Å². The fourth-order valence-corrected chi connectivity index (χ4v) is 2.89. The van der Waals surface area contributed by atoms with Crippen molar-refractivity contribution in [1.29, 1.82) is 0 Å². The van der Waals surface area contributed by atoms with E-state index in [0.717, 1.165) is 37.1 Å².